The van der Waals surface area contributed by atoms with Gasteiger partial charge in [0, 0.05) is 35.0 Å². The summed E-state index contributed by atoms with van der Waals surface area (Å²) in [5.41, 5.74) is 2.57. The number of nitrogens with zero attached hydrogens (tertiary/aromatic N) is 1. The van der Waals surface area contributed by atoms with Gasteiger partial charge in [0.15, 0.2) is 0 Å². The minimum Gasteiger partial charge on any atom is -0.464 e. The number of carbonyl (C=O) groups excluding carboxylic acids is 1. The molecule has 0 spiro atoms. The van der Waals surface area contributed by atoms with Gasteiger partial charge in [0.05, 0.1) is 5.41 Å². The lowest BCUT2D eigenvalue weighted by Crippen LogP contribution is -2.35. The topological polar surface area (TPSA) is 29.5 Å². The lowest BCUT2D eigenvalue weighted by Gasteiger charge is -2.29. The molecule has 1 aliphatic heterocycles. The molecule has 0 N–H and O–H groups in total. The Kier molecular flexibility index (Phi) is 6.33. The maximum atomic E-state index is 11.9. The number of hydrogen-bond donors (Lipinski definition) is 0. The molecule has 0 unspecified atom stereocenters. The highest BCUT2D eigenvalue weighted by molar-refractivity contribution is 7.13. The maximum Gasteiger partial charge on any atom is 0.311 e. The molecule has 140 valence electrons. The number of likely N-dealkylation sites (tertiary alicyclic amines) is 1. The predicted molar refractivity (Wildman–Crippen MR) is 111 cm³/mol. The molecule has 0 amide bonds. The Morgan fingerprint density at radius 1 is 1.08 bits per heavy atom. The Balaban J connectivity index is 1.60. The zero-order valence-corrected chi connectivity index (χ0v) is 17.4. The summed E-state index contributed by atoms with van der Waals surface area (Å²) in [5, 5.41) is 4.31. The molecule has 3 rings (SSSR count). The number of piperidine rings is 1. The molecule has 5 heteroatoms. The van der Waals surface area contributed by atoms with Crippen LogP contribution in [0.2, 0.25) is 0 Å². The van der Waals surface area contributed by atoms with Crippen LogP contribution >= 0.6 is 22.7 Å². The summed E-state index contributed by atoms with van der Waals surface area (Å²) in [6.07, 6.45) is 2.16. The summed E-state index contributed by atoms with van der Waals surface area (Å²) in [6, 6.07) is 8.72. The Labute approximate surface area is 164 Å². The number of esters is 1. The van der Waals surface area contributed by atoms with Gasteiger partial charge in [-0.3, -0.25) is 9.69 Å². The first-order chi connectivity index (χ1) is 12.4. The van der Waals surface area contributed by atoms with Crippen LogP contribution in [-0.2, 0) is 9.53 Å². The van der Waals surface area contributed by atoms with E-state index in [1.807, 2.05) is 43.4 Å². The molecule has 0 bridgehead atoms. The van der Waals surface area contributed by atoms with Gasteiger partial charge in [0.25, 0.3) is 0 Å². The van der Waals surface area contributed by atoms with Gasteiger partial charge >= 0.3 is 5.97 Å². The van der Waals surface area contributed by atoms with Gasteiger partial charge in [0.1, 0.15) is 6.61 Å². The molecule has 3 nitrogen and oxygen atoms in total. The van der Waals surface area contributed by atoms with Crippen molar-refractivity contribution in [1.29, 1.82) is 0 Å². The SMILES string of the molecule is CC(C)(C)C(=O)OCCN1CCC(=C(c2cccs2)c2cccs2)CC1. The average molecular weight is 390 g/mol. The Morgan fingerprint density at radius 2 is 1.65 bits per heavy atom. The normalized spacial score (nSPS) is 15.9. The molecule has 0 atom stereocenters. The number of ether oxygens (including phenoxy) is 1. The Bertz CT molecular complexity index is 693. The molecule has 2 aromatic rings. The van der Waals surface area contributed by atoms with Crippen LogP contribution in [0.4, 0.5) is 0 Å². The van der Waals surface area contributed by atoms with Crippen LogP contribution in [0.3, 0.4) is 0 Å². The van der Waals surface area contributed by atoms with Crippen molar-refractivity contribution < 1.29 is 9.53 Å². The first-order valence-corrected chi connectivity index (χ1v) is 10.9. The van der Waals surface area contributed by atoms with E-state index in [4.69, 9.17) is 4.74 Å². The molecule has 0 saturated carbocycles. The molecular weight excluding hydrogens is 362 g/mol. The van der Waals surface area contributed by atoms with Crippen molar-refractivity contribution in [2.75, 3.05) is 26.2 Å². The van der Waals surface area contributed by atoms with Crippen LogP contribution in [0, 0.1) is 5.41 Å². The predicted octanol–water partition coefficient (Wildman–Crippen LogP) is 5.30. The number of thiophene rings is 2. The van der Waals surface area contributed by atoms with Crippen LogP contribution in [0.5, 0.6) is 0 Å². The first-order valence-electron chi connectivity index (χ1n) is 9.14. The summed E-state index contributed by atoms with van der Waals surface area (Å²) >= 11 is 3.64. The van der Waals surface area contributed by atoms with E-state index >= 15 is 0 Å². The van der Waals surface area contributed by atoms with Crippen molar-refractivity contribution >= 4 is 34.2 Å². The monoisotopic (exact) mass is 389 g/mol. The quantitative estimate of drug-likeness (QED) is 0.650. The maximum absolute atomic E-state index is 11.9. The molecule has 1 saturated heterocycles. The van der Waals surface area contributed by atoms with Crippen LogP contribution in [0.1, 0.15) is 43.4 Å². The molecule has 1 aliphatic rings. The van der Waals surface area contributed by atoms with Gasteiger partial charge in [-0.05, 0) is 56.5 Å². The summed E-state index contributed by atoms with van der Waals surface area (Å²) in [4.78, 5) is 17.0. The zero-order valence-electron chi connectivity index (χ0n) is 15.8. The second-order valence-corrected chi connectivity index (χ2v) is 9.56. The zero-order chi connectivity index (χ0) is 18.6. The van der Waals surface area contributed by atoms with E-state index in [0.717, 1.165) is 32.5 Å². The highest BCUT2D eigenvalue weighted by Crippen LogP contribution is 2.36. The fourth-order valence-corrected chi connectivity index (χ4v) is 4.82. The summed E-state index contributed by atoms with van der Waals surface area (Å²) < 4.78 is 5.41. The fourth-order valence-electron chi connectivity index (χ4n) is 3.09. The molecule has 26 heavy (non-hydrogen) atoms. The van der Waals surface area contributed by atoms with E-state index in [0.29, 0.717) is 6.61 Å². The number of carbonyl (C=O) groups is 1. The van der Waals surface area contributed by atoms with Crippen molar-refractivity contribution in [1.82, 2.24) is 4.90 Å². The molecule has 2 aromatic heterocycles. The fraction of sp³-hybridized carbons (Fsp3) is 0.476. The smallest absolute Gasteiger partial charge is 0.311 e. The Hall–Kier alpha value is -1.43. The molecule has 0 aromatic carbocycles. The van der Waals surface area contributed by atoms with Gasteiger partial charge < -0.3 is 4.74 Å². The van der Waals surface area contributed by atoms with Crippen LogP contribution in [-0.4, -0.2) is 37.1 Å². The van der Waals surface area contributed by atoms with Gasteiger partial charge in [0.2, 0.25) is 0 Å². The molecule has 0 radical (unpaired) electrons. The summed E-state index contributed by atoms with van der Waals surface area (Å²) in [7, 11) is 0. The highest BCUT2D eigenvalue weighted by atomic mass is 32.1. The summed E-state index contributed by atoms with van der Waals surface area (Å²) in [6.45, 7) is 9.05. The standard InChI is InChI=1S/C21H27NO2S2/c1-21(2,3)20(23)24-13-12-22-10-8-16(9-11-22)19(17-6-4-14-25-17)18-7-5-15-26-18/h4-7,14-15H,8-13H2,1-3H3. The molecule has 0 aliphatic carbocycles. The van der Waals surface area contributed by atoms with Crippen molar-refractivity contribution in [3.05, 3.63) is 50.4 Å². The number of rotatable bonds is 5. The third kappa shape index (κ3) is 4.84. The minimum absolute atomic E-state index is 0.118. The van der Waals surface area contributed by atoms with Gasteiger partial charge in [-0.2, -0.15) is 0 Å². The first kappa shape index (κ1) is 19.3. The second kappa shape index (κ2) is 8.51. The van der Waals surface area contributed by atoms with Crippen LogP contribution in [0.25, 0.3) is 5.57 Å². The van der Waals surface area contributed by atoms with E-state index < -0.39 is 5.41 Å². The van der Waals surface area contributed by atoms with E-state index in [1.165, 1.54) is 15.3 Å². The van der Waals surface area contributed by atoms with Gasteiger partial charge in [-0.25, -0.2) is 0 Å². The molecule has 3 heterocycles. The van der Waals surface area contributed by atoms with Crippen LogP contribution < -0.4 is 0 Å². The van der Waals surface area contributed by atoms with E-state index in [1.54, 1.807) is 5.57 Å². The number of hydrogen-bond acceptors (Lipinski definition) is 5. The molecule has 1 fully saturated rings. The van der Waals surface area contributed by atoms with Crippen molar-refractivity contribution in [2.45, 2.75) is 33.6 Å². The van der Waals surface area contributed by atoms with E-state index in [9.17, 15) is 4.79 Å². The average Bonchev–Trinajstić information content (AvgIpc) is 3.30. The Morgan fingerprint density at radius 3 is 2.12 bits per heavy atom. The second-order valence-electron chi connectivity index (χ2n) is 7.66. The third-order valence-electron chi connectivity index (χ3n) is 4.60. The summed E-state index contributed by atoms with van der Waals surface area (Å²) in [5.74, 6) is -0.118. The van der Waals surface area contributed by atoms with Crippen LogP contribution in [0.15, 0.2) is 40.6 Å². The third-order valence-corrected chi connectivity index (χ3v) is 6.38. The van der Waals surface area contributed by atoms with Crippen molar-refractivity contribution in [2.24, 2.45) is 5.41 Å². The van der Waals surface area contributed by atoms with E-state index in [-0.39, 0.29) is 5.97 Å². The highest BCUT2D eigenvalue weighted by Gasteiger charge is 2.24. The largest absolute Gasteiger partial charge is 0.464 e. The minimum atomic E-state index is -0.422. The van der Waals surface area contributed by atoms with Crippen molar-refractivity contribution in [3.63, 3.8) is 0 Å². The lowest BCUT2D eigenvalue weighted by atomic mass is 9.96. The van der Waals surface area contributed by atoms with Crippen molar-refractivity contribution in [3.8, 4) is 0 Å². The molecular formula is C21H27NO2S2. The van der Waals surface area contributed by atoms with Gasteiger partial charge in [-0.15, -0.1) is 22.7 Å². The van der Waals surface area contributed by atoms with E-state index in [2.05, 4.69) is 39.9 Å². The van der Waals surface area contributed by atoms with Gasteiger partial charge in [-0.1, -0.05) is 17.7 Å². The lowest BCUT2D eigenvalue weighted by molar-refractivity contribution is -0.153.